The van der Waals surface area contributed by atoms with E-state index in [2.05, 4.69) is 13.5 Å². The first-order valence-electron chi connectivity index (χ1n) is 14.4. The van der Waals surface area contributed by atoms with Crippen LogP contribution in [0.2, 0.25) is 0 Å². The van der Waals surface area contributed by atoms with Crippen molar-refractivity contribution in [1.29, 1.82) is 0 Å². The highest BCUT2D eigenvalue weighted by Gasteiger charge is 2.22. The summed E-state index contributed by atoms with van der Waals surface area (Å²) in [6.07, 6.45) is 16.9. The van der Waals surface area contributed by atoms with Gasteiger partial charge in [-0.05, 0) is 93.7 Å². The molecular weight excluding hydrogens is 458 g/mol. The first kappa shape index (κ1) is 30.5. The summed E-state index contributed by atoms with van der Waals surface area (Å²) in [5.41, 5.74) is 1.07. The van der Waals surface area contributed by atoms with Gasteiger partial charge in [-0.25, -0.2) is 13.6 Å². The van der Waals surface area contributed by atoms with E-state index in [1.807, 2.05) is 6.92 Å². The van der Waals surface area contributed by atoms with Crippen molar-refractivity contribution in [1.82, 2.24) is 0 Å². The van der Waals surface area contributed by atoms with Crippen molar-refractivity contribution in [2.24, 2.45) is 5.92 Å². The lowest BCUT2D eigenvalue weighted by atomic mass is 9.82. The third-order valence-corrected chi connectivity index (χ3v) is 7.53. The summed E-state index contributed by atoms with van der Waals surface area (Å²) in [6.45, 7) is 8.76. The van der Waals surface area contributed by atoms with Gasteiger partial charge in [-0.2, -0.15) is 0 Å². The maximum atomic E-state index is 14.5. The molecule has 1 aromatic rings. The molecule has 204 valence electrons. The highest BCUT2D eigenvalue weighted by Crippen LogP contribution is 2.34. The van der Waals surface area contributed by atoms with Gasteiger partial charge in [0, 0.05) is 18.2 Å². The quantitative estimate of drug-likeness (QED) is 0.113. The molecule has 1 saturated carbocycles. The van der Waals surface area contributed by atoms with E-state index in [9.17, 15) is 13.6 Å². The highest BCUT2D eigenvalue weighted by atomic mass is 19.1. The van der Waals surface area contributed by atoms with Crippen molar-refractivity contribution in [2.75, 3.05) is 13.2 Å². The number of carbonyl (C=O) groups excluding carboxylic acids is 1. The van der Waals surface area contributed by atoms with Gasteiger partial charge in [0.15, 0.2) is 0 Å². The zero-order chi connectivity index (χ0) is 26.2. The minimum absolute atomic E-state index is 0.238. The van der Waals surface area contributed by atoms with E-state index >= 15 is 0 Å². The molecule has 1 aliphatic carbocycles. The molecule has 0 heterocycles. The topological polar surface area (TPSA) is 35.5 Å². The standard InChI is InChI=1S/C31H48F2O3/c1-4-12-25(26-22-29(32)28(13-5-2)30(33)23-26)15-11-14-24-16-18-27(19-17-24)35-20-9-7-8-10-21-36-31(34)6-3/h6,22-25,27H,3-5,7-21H2,1-2H3. The predicted molar refractivity (Wildman–Crippen MR) is 143 cm³/mol. The number of esters is 1. The number of benzene rings is 1. The maximum absolute atomic E-state index is 14.5. The first-order valence-corrected chi connectivity index (χ1v) is 14.4. The molecule has 0 radical (unpaired) electrons. The Bertz CT molecular complexity index is 748. The smallest absolute Gasteiger partial charge is 0.330 e. The lowest BCUT2D eigenvalue weighted by Gasteiger charge is -2.29. The predicted octanol–water partition coefficient (Wildman–Crippen LogP) is 8.84. The fraction of sp³-hybridized carbons (Fsp3) is 0.710. The Hall–Kier alpha value is -1.75. The van der Waals surface area contributed by atoms with Gasteiger partial charge < -0.3 is 9.47 Å². The molecule has 36 heavy (non-hydrogen) atoms. The van der Waals surface area contributed by atoms with Crippen molar-refractivity contribution in [3.63, 3.8) is 0 Å². The lowest BCUT2D eigenvalue weighted by molar-refractivity contribution is -0.137. The van der Waals surface area contributed by atoms with Gasteiger partial charge in [0.05, 0.1) is 12.7 Å². The number of unbranched alkanes of at least 4 members (excludes halogenated alkanes) is 3. The van der Waals surface area contributed by atoms with Crippen LogP contribution in [0.5, 0.6) is 0 Å². The molecule has 0 spiro atoms. The summed E-state index contributed by atoms with van der Waals surface area (Å²) in [4.78, 5) is 11.0. The van der Waals surface area contributed by atoms with Gasteiger partial charge in [-0.15, -0.1) is 0 Å². The maximum Gasteiger partial charge on any atom is 0.330 e. The minimum atomic E-state index is -0.375. The largest absolute Gasteiger partial charge is 0.463 e. The summed E-state index contributed by atoms with van der Waals surface area (Å²) in [5.74, 6) is -0.118. The number of halogens is 2. The van der Waals surface area contributed by atoms with E-state index in [0.29, 0.717) is 19.1 Å². The molecule has 2 rings (SSSR count). The number of hydrogen-bond donors (Lipinski definition) is 0. The summed E-state index contributed by atoms with van der Waals surface area (Å²) < 4.78 is 40.1. The van der Waals surface area contributed by atoms with Crippen molar-refractivity contribution >= 4 is 5.97 Å². The Morgan fingerprint density at radius 3 is 2.25 bits per heavy atom. The van der Waals surface area contributed by atoms with E-state index < -0.39 is 0 Å². The second-order valence-electron chi connectivity index (χ2n) is 10.4. The van der Waals surface area contributed by atoms with Crippen molar-refractivity contribution in [3.05, 3.63) is 47.5 Å². The molecule has 0 saturated heterocycles. The van der Waals surface area contributed by atoms with E-state index in [-0.39, 0.29) is 29.1 Å². The van der Waals surface area contributed by atoms with Crippen LogP contribution in [0.3, 0.4) is 0 Å². The molecule has 0 N–H and O–H groups in total. The fourth-order valence-corrected chi connectivity index (χ4v) is 5.45. The fourth-order valence-electron chi connectivity index (χ4n) is 5.45. The SMILES string of the molecule is C=CC(=O)OCCCCCCOC1CCC(CCCC(CCC)c2cc(F)c(CCC)c(F)c2)CC1. The molecule has 0 amide bonds. The van der Waals surface area contributed by atoms with Gasteiger partial charge >= 0.3 is 5.97 Å². The Morgan fingerprint density at radius 1 is 0.972 bits per heavy atom. The van der Waals surface area contributed by atoms with Crippen LogP contribution >= 0.6 is 0 Å². The number of rotatable bonds is 18. The monoisotopic (exact) mass is 506 g/mol. The van der Waals surface area contributed by atoms with Crippen LogP contribution in [0.4, 0.5) is 8.78 Å². The number of carbonyl (C=O) groups is 1. The molecule has 1 aliphatic rings. The first-order chi connectivity index (χ1) is 17.5. The third-order valence-electron chi connectivity index (χ3n) is 7.53. The van der Waals surface area contributed by atoms with E-state index in [4.69, 9.17) is 9.47 Å². The van der Waals surface area contributed by atoms with Crippen LogP contribution in [0.25, 0.3) is 0 Å². The highest BCUT2D eigenvalue weighted by molar-refractivity contribution is 5.81. The summed E-state index contributed by atoms with van der Waals surface area (Å²) >= 11 is 0. The minimum Gasteiger partial charge on any atom is -0.463 e. The Balaban J connectivity index is 1.62. The molecular formula is C31H48F2O3. The second kappa shape index (κ2) is 17.7. The molecule has 1 fully saturated rings. The van der Waals surface area contributed by atoms with Crippen molar-refractivity contribution < 1.29 is 23.0 Å². The molecule has 1 aromatic carbocycles. The molecule has 1 unspecified atom stereocenters. The van der Waals surface area contributed by atoms with Crippen molar-refractivity contribution in [3.8, 4) is 0 Å². The molecule has 0 aromatic heterocycles. The van der Waals surface area contributed by atoms with Crippen LogP contribution in [-0.2, 0) is 20.7 Å². The lowest BCUT2D eigenvalue weighted by Crippen LogP contribution is -2.22. The van der Waals surface area contributed by atoms with Crippen LogP contribution in [0, 0.1) is 17.6 Å². The Labute approximate surface area is 218 Å². The molecule has 1 atom stereocenters. The molecule has 0 bridgehead atoms. The normalized spacial score (nSPS) is 18.7. The van der Waals surface area contributed by atoms with Gasteiger partial charge in [0.2, 0.25) is 0 Å². The zero-order valence-electron chi connectivity index (χ0n) is 22.7. The third kappa shape index (κ3) is 11.1. The van der Waals surface area contributed by atoms with Crippen LogP contribution in [-0.4, -0.2) is 25.3 Å². The van der Waals surface area contributed by atoms with Gasteiger partial charge in [0.25, 0.3) is 0 Å². The Morgan fingerprint density at radius 2 is 1.64 bits per heavy atom. The van der Waals surface area contributed by atoms with Crippen LogP contribution < -0.4 is 0 Å². The molecule has 3 nitrogen and oxygen atoms in total. The second-order valence-corrected chi connectivity index (χ2v) is 10.4. The van der Waals surface area contributed by atoms with Crippen LogP contribution in [0.1, 0.15) is 121 Å². The summed E-state index contributed by atoms with van der Waals surface area (Å²) in [5, 5.41) is 0. The van der Waals surface area contributed by atoms with E-state index in [1.165, 1.54) is 25.3 Å². The van der Waals surface area contributed by atoms with Crippen molar-refractivity contribution in [2.45, 2.75) is 122 Å². The number of hydrogen-bond acceptors (Lipinski definition) is 3. The summed E-state index contributed by atoms with van der Waals surface area (Å²) in [6, 6.07) is 3.18. The summed E-state index contributed by atoms with van der Waals surface area (Å²) in [7, 11) is 0. The Kier molecular flexibility index (Phi) is 15.0. The zero-order valence-corrected chi connectivity index (χ0v) is 22.7. The average molecular weight is 507 g/mol. The van der Waals surface area contributed by atoms with Gasteiger partial charge in [0.1, 0.15) is 11.6 Å². The average Bonchev–Trinajstić information content (AvgIpc) is 2.87. The van der Waals surface area contributed by atoms with Crippen LogP contribution in [0.15, 0.2) is 24.8 Å². The van der Waals surface area contributed by atoms with Gasteiger partial charge in [-0.1, -0.05) is 52.5 Å². The van der Waals surface area contributed by atoms with E-state index in [0.717, 1.165) is 88.7 Å². The molecule has 0 aliphatic heterocycles. The van der Waals surface area contributed by atoms with Gasteiger partial charge in [-0.3, -0.25) is 0 Å². The van der Waals surface area contributed by atoms with E-state index in [1.54, 1.807) is 12.1 Å². The molecule has 5 heteroatoms. The number of ether oxygens (including phenoxy) is 2.